The molecule has 0 saturated heterocycles. The molecule has 0 amide bonds. The average Bonchev–Trinajstić information content (AvgIpc) is 2.67. The molecule has 0 heterocycles. The summed E-state index contributed by atoms with van der Waals surface area (Å²) >= 11 is 3.67. The van der Waals surface area contributed by atoms with Crippen LogP contribution in [0.4, 0.5) is 0 Å². The third-order valence-electron chi connectivity index (χ3n) is 4.05. The van der Waals surface area contributed by atoms with Gasteiger partial charge in [0.05, 0.1) is 0 Å². The van der Waals surface area contributed by atoms with Crippen molar-refractivity contribution in [3.05, 3.63) is 62.1 Å². The van der Waals surface area contributed by atoms with Gasteiger partial charge in [-0.15, -0.1) is 0 Å². The van der Waals surface area contributed by atoms with Crippen LogP contribution in [0.3, 0.4) is 0 Å². The molecule has 0 saturated carbocycles. The van der Waals surface area contributed by atoms with Gasteiger partial charge < -0.3 is 0 Å². The van der Waals surface area contributed by atoms with Crippen molar-refractivity contribution < 1.29 is 0 Å². The number of hydrogen-bond acceptors (Lipinski definition) is 0. The van der Waals surface area contributed by atoms with E-state index in [1.54, 1.807) is 0 Å². The zero-order valence-electron chi connectivity index (χ0n) is 12.5. The fraction of sp³-hybridized carbons (Fsp3) is 0.263. The Labute approximate surface area is 129 Å². The smallest absolute Gasteiger partial charge is 0.0187 e. The first-order chi connectivity index (χ1) is 9.45. The summed E-state index contributed by atoms with van der Waals surface area (Å²) in [6.07, 6.45) is 3.38. The number of aryl methyl sites for hydroxylation is 3. The minimum absolute atomic E-state index is 1.07. The van der Waals surface area contributed by atoms with Gasteiger partial charge in [0.15, 0.2) is 0 Å². The second-order valence-corrected chi connectivity index (χ2v) is 6.88. The molecule has 0 aliphatic heterocycles. The molecule has 0 fully saturated rings. The highest BCUT2D eigenvalue weighted by molar-refractivity contribution is 9.10. The molecule has 0 radical (unpaired) electrons. The van der Waals surface area contributed by atoms with Gasteiger partial charge in [0, 0.05) is 4.47 Å². The van der Waals surface area contributed by atoms with Crippen molar-refractivity contribution in [3.63, 3.8) is 0 Å². The molecule has 1 heteroatoms. The van der Waals surface area contributed by atoms with E-state index in [2.05, 4.69) is 74.0 Å². The SMILES string of the molecule is CC1=Cc2cc(Br)cc(-c3c(C)cc(C)cc3C)c2C1. The van der Waals surface area contributed by atoms with Crippen LogP contribution < -0.4 is 0 Å². The molecule has 0 atom stereocenters. The van der Waals surface area contributed by atoms with Gasteiger partial charge in [0.1, 0.15) is 0 Å². The highest BCUT2D eigenvalue weighted by Gasteiger charge is 2.18. The number of halogens is 1. The van der Waals surface area contributed by atoms with Crippen molar-refractivity contribution in [2.75, 3.05) is 0 Å². The maximum absolute atomic E-state index is 3.67. The number of allylic oxidation sites excluding steroid dienone is 1. The second kappa shape index (κ2) is 4.89. The zero-order chi connectivity index (χ0) is 14.4. The molecule has 2 aromatic rings. The Morgan fingerprint density at radius 2 is 1.55 bits per heavy atom. The third-order valence-corrected chi connectivity index (χ3v) is 4.51. The molecule has 0 aromatic heterocycles. The summed E-state index contributed by atoms with van der Waals surface area (Å²) in [5, 5.41) is 0. The minimum atomic E-state index is 1.07. The summed E-state index contributed by atoms with van der Waals surface area (Å²) in [7, 11) is 0. The summed E-state index contributed by atoms with van der Waals surface area (Å²) < 4.78 is 1.16. The highest BCUT2D eigenvalue weighted by atomic mass is 79.9. The summed E-state index contributed by atoms with van der Waals surface area (Å²) in [4.78, 5) is 0. The Morgan fingerprint density at radius 3 is 2.20 bits per heavy atom. The molecule has 0 N–H and O–H groups in total. The van der Waals surface area contributed by atoms with Crippen LogP contribution in [0.2, 0.25) is 0 Å². The Morgan fingerprint density at radius 1 is 0.900 bits per heavy atom. The van der Waals surface area contributed by atoms with Gasteiger partial charge in [-0.3, -0.25) is 0 Å². The second-order valence-electron chi connectivity index (χ2n) is 5.96. The molecular formula is C19H19Br. The molecule has 102 valence electrons. The zero-order valence-corrected chi connectivity index (χ0v) is 14.1. The Hall–Kier alpha value is -1.34. The van der Waals surface area contributed by atoms with Gasteiger partial charge >= 0.3 is 0 Å². The monoisotopic (exact) mass is 326 g/mol. The van der Waals surface area contributed by atoms with Crippen molar-refractivity contribution >= 4 is 22.0 Å². The molecular weight excluding hydrogens is 308 g/mol. The molecule has 1 aliphatic carbocycles. The fourth-order valence-electron chi connectivity index (χ4n) is 3.41. The Balaban J connectivity index is 2.28. The lowest BCUT2D eigenvalue weighted by molar-refractivity contribution is 1.19. The molecule has 2 aromatic carbocycles. The van der Waals surface area contributed by atoms with E-state index in [-0.39, 0.29) is 0 Å². The number of hydrogen-bond donors (Lipinski definition) is 0. The Kier molecular flexibility index (Phi) is 3.33. The van der Waals surface area contributed by atoms with E-state index in [0.717, 1.165) is 10.9 Å². The normalized spacial score (nSPS) is 13.3. The first-order valence-corrected chi connectivity index (χ1v) is 7.83. The van der Waals surface area contributed by atoms with E-state index in [9.17, 15) is 0 Å². The van der Waals surface area contributed by atoms with Crippen LogP contribution in [0.25, 0.3) is 17.2 Å². The highest BCUT2D eigenvalue weighted by Crippen LogP contribution is 2.39. The third kappa shape index (κ3) is 2.25. The fourth-order valence-corrected chi connectivity index (χ4v) is 3.88. The molecule has 0 nitrogen and oxygen atoms in total. The van der Waals surface area contributed by atoms with Crippen molar-refractivity contribution in [3.8, 4) is 11.1 Å². The van der Waals surface area contributed by atoms with E-state index in [4.69, 9.17) is 0 Å². The van der Waals surface area contributed by atoms with Crippen LogP contribution in [0.5, 0.6) is 0 Å². The number of benzene rings is 2. The lowest BCUT2D eigenvalue weighted by Gasteiger charge is -2.16. The summed E-state index contributed by atoms with van der Waals surface area (Å²) in [5.74, 6) is 0. The molecule has 0 unspecified atom stereocenters. The maximum atomic E-state index is 3.67. The van der Waals surface area contributed by atoms with Gasteiger partial charge in [-0.05, 0) is 79.6 Å². The van der Waals surface area contributed by atoms with Crippen molar-refractivity contribution in [1.82, 2.24) is 0 Å². The van der Waals surface area contributed by atoms with Crippen LogP contribution in [-0.2, 0) is 6.42 Å². The van der Waals surface area contributed by atoms with Crippen molar-refractivity contribution in [1.29, 1.82) is 0 Å². The topological polar surface area (TPSA) is 0 Å². The van der Waals surface area contributed by atoms with Crippen LogP contribution in [0.15, 0.2) is 34.3 Å². The van der Waals surface area contributed by atoms with Crippen LogP contribution in [0, 0.1) is 20.8 Å². The van der Waals surface area contributed by atoms with Crippen molar-refractivity contribution in [2.24, 2.45) is 0 Å². The first kappa shape index (κ1) is 13.6. The van der Waals surface area contributed by atoms with E-state index in [1.807, 2.05) is 0 Å². The van der Waals surface area contributed by atoms with Gasteiger partial charge in [-0.1, -0.05) is 45.3 Å². The summed E-state index contributed by atoms with van der Waals surface area (Å²) in [6, 6.07) is 9.07. The average molecular weight is 327 g/mol. The van der Waals surface area contributed by atoms with Gasteiger partial charge in [-0.25, -0.2) is 0 Å². The molecule has 3 rings (SSSR count). The largest absolute Gasteiger partial charge is 0.0683 e. The molecule has 0 spiro atoms. The predicted molar refractivity (Wildman–Crippen MR) is 91.1 cm³/mol. The number of fused-ring (bicyclic) bond motifs is 1. The summed E-state index contributed by atoms with van der Waals surface area (Å²) in [6.45, 7) is 8.82. The van der Waals surface area contributed by atoms with Crippen LogP contribution in [0.1, 0.15) is 34.7 Å². The quantitative estimate of drug-likeness (QED) is 0.602. The standard InChI is InChI=1S/C19H19Br/c1-11-5-13(3)19(14(4)6-11)18-10-16(20)9-15-7-12(2)8-17(15)18/h5-7,9-10H,8H2,1-4H3. The minimum Gasteiger partial charge on any atom is -0.0683 e. The first-order valence-electron chi connectivity index (χ1n) is 7.03. The van der Waals surface area contributed by atoms with Gasteiger partial charge in [0.25, 0.3) is 0 Å². The number of rotatable bonds is 1. The van der Waals surface area contributed by atoms with Crippen molar-refractivity contribution in [2.45, 2.75) is 34.1 Å². The maximum Gasteiger partial charge on any atom is 0.0187 e. The van der Waals surface area contributed by atoms with Gasteiger partial charge in [0.2, 0.25) is 0 Å². The lowest BCUT2D eigenvalue weighted by atomic mass is 9.89. The van der Waals surface area contributed by atoms with E-state index >= 15 is 0 Å². The van der Waals surface area contributed by atoms with E-state index < -0.39 is 0 Å². The van der Waals surface area contributed by atoms with E-state index in [0.29, 0.717) is 0 Å². The summed E-state index contributed by atoms with van der Waals surface area (Å²) in [5.41, 5.74) is 11.1. The van der Waals surface area contributed by atoms with Crippen LogP contribution >= 0.6 is 15.9 Å². The van der Waals surface area contributed by atoms with Gasteiger partial charge in [-0.2, -0.15) is 0 Å². The van der Waals surface area contributed by atoms with Crippen LogP contribution in [-0.4, -0.2) is 0 Å². The lowest BCUT2D eigenvalue weighted by Crippen LogP contribution is -1.96. The van der Waals surface area contributed by atoms with E-state index in [1.165, 1.54) is 44.5 Å². The Bertz CT molecular complexity index is 713. The molecule has 20 heavy (non-hydrogen) atoms. The molecule has 0 bridgehead atoms. The molecule has 1 aliphatic rings. The predicted octanol–water partition coefficient (Wildman–Crippen LogP) is 6.00.